The van der Waals surface area contributed by atoms with Gasteiger partial charge in [0.05, 0.1) is 18.6 Å². The maximum atomic E-state index is 14.1. The van der Waals surface area contributed by atoms with Crippen molar-refractivity contribution in [1.29, 1.82) is 0 Å². The minimum absolute atomic E-state index is 0.0942. The Balaban J connectivity index is 1.58. The molecule has 1 saturated carbocycles. The van der Waals surface area contributed by atoms with Crippen molar-refractivity contribution in [1.82, 2.24) is 10.2 Å². The molecule has 242 valence electrons. The first-order valence-corrected chi connectivity index (χ1v) is 17.9. The fourth-order valence-electron chi connectivity index (χ4n) is 5.95. The number of carbonyl (C=O) groups excluding carboxylic acids is 2. The summed E-state index contributed by atoms with van der Waals surface area (Å²) < 4.78 is 32.4. The van der Waals surface area contributed by atoms with E-state index >= 15 is 0 Å². The summed E-state index contributed by atoms with van der Waals surface area (Å²) in [4.78, 5) is 29.8. The van der Waals surface area contributed by atoms with Crippen LogP contribution >= 0.6 is 0 Å². The molecule has 0 aromatic heterocycles. The van der Waals surface area contributed by atoms with Gasteiger partial charge in [-0.25, -0.2) is 8.42 Å². The number of carbonyl (C=O) groups is 2. The van der Waals surface area contributed by atoms with Crippen molar-refractivity contribution < 1.29 is 22.7 Å². The van der Waals surface area contributed by atoms with Crippen LogP contribution in [-0.4, -0.2) is 56.6 Å². The van der Waals surface area contributed by atoms with E-state index in [-0.39, 0.29) is 37.4 Å². The van der Waals surface area contributed by atoms with Gasteiger partial charge in [0.1, 0.15) is 11.8 Å². The van der Waals surface area contributed by atoms with Crippen LogP contribution in [0.4, 0.5) is 5.69 Å². The van der Waals surface area contributed by atoms with Gasteiger partial charge in [0.15, 0.2) is 0 Å². The molecule has 0 unspecified atom stereocenters. The molecule has 9 heteroatoms. The number of hydrogen-bond acceptors (Lipinski definition) is 5. The molecule has 0 radical (unpaired) electrons. The first kappa shape index (κ1) is 34.0. The lowest BCUT2D eigenvalue weighted by molar-refractivity contribution is -0.141. The van der Waals surface area contributed by atoms with Gasteiger partial charge >= 0.3 is 0 Å². The van der Waals surface area contributed by atoms with Crippen LogP contribution in [0.5, 0.6) is 5.75 Å². The number of aryl methyl sites for hydroxylation is 1. The second-order valence-electron chi connectivity index (χ2n) is 11.9. The minimum Gasteiger partial charge on any atom is -0.494 e. The number of anilines is 1. The van der Waals surface area contributed by atoms with Crippen LogP contribution in [0, 0.1) is 6.92 Å². The molecule has 1 aliphatic rings. The zero-order valence-corrected chi connectivity index (χ0v) is 27.6. The van der Waals surface area contributed by atoms with Crippen LogP contribution < -0.4 is 14.4 Å². The summed E-state index contributed by atoms with van der Waals surface area (Å²) in [7, 11) is -3.60. The number of rotatable bonds is 15. The summed E-state index contributed by atoms with van der Waals surface area (Å²) in [5.41, 5.74) is 3.50. The molecular formula is C36H47N3O5S. The highest BCUT2D eigenvalue weighted by atomic mass is 32.2. The molecule has 3 aromatic rings. The van der Waals surface area contributed by atoms with E-state index in [1.807, 2.05) is 68.4 Å². The zero-order chi connectivity index (χ0) is 32.2. The Bertz CT molecular complexity index is 1490. The number of nitrogens with zero attached hydrogens (tertiary/aromatic N) is 2. The monoisotopic (exact) mass is 633 g/mol. The predicted molar refractivity (Wildman–Crippen MR) is 180 cm³/mol. The lowest BCUT2D eigenvalue weighted by Crippen LogP contribution is -2.53. The second kappa shape index (κ2) is 16.5. The summed E-state index contributed by atoms with van der Waals surface area (Å²) in [6, 6.07) is 24.0. The van der Waals surface area contributed by atoms with Gasteiger partial charge in [-0.2, -0.15) is 0 Å². The fraction of sp³-hybridized carbons (Fsp3) is 0.444. The topological polar surface area (TPSA) is 96.0 Å². The van der Waals surface area contributed by atoms with Crippen LogP contribution in [0.25, 0.3) is 0 Å². The predicted octanol–water partition coefficient (Wildman–Crippen LogP) is 6.03. The molecule has 0 aliphatic heterocycles. The summed E-state index contributed by atoms with van der Waals surface area (Å²) in [5, 5.41) is 3.27. The zero-order valence-electron chi connectivity index (χ0n) is 26.8. The van der Waals surface area contributed by atoms with Crippen molar-refractivity contribution in [3.63, 3.8) is 0 Å². The number of nitrogens with one attached hydrogen (secondary N) is 1. The lowest BCUT2D eigenvalue weighted by Gasteiger charge is -2.34. The normalized spacial score (nSPS) is 14.4. The van der Waals surface area contributed by atoms with Crippen molar-refractivity contribution in [2.24, 2.45) is 0 Å². The van der Waals surface area contributed by atoms with E-state index in [0.717, 1.165) is 42.4 Å². The number of sulfonamides is 1. The van der Waals surface area contributed by atoms with Gasteiger partial charge in [-0.3, -0.25) is 13.9 Å². The first-order valence-electron chi connectivity index (χ1n) is 16.0. The van der Waals surface area contributed by atoms with Crippen LogP contribution in [0.2, 0.25) is 0 Å². The van der Waals surface area contributed by atoms with Gasteiger partial charge in [0, 0.05) is 32.0 Å². The average molecular weight is 634 g/mol. The van der Waals surface area contributed by atoms with Gasteiger partial charge in [-0.1, -0.05) is 73.9 Å². The van der Waals surface area contributed by atoms with E-state index in [1.54, 1.807) is 29.2 Å². The number of ether oxygens (including phenoxy) is 1. The highest BCUT2D eigenvalue weighted by Gasteiger charge is 2.32. The summed E-state index contributed by atoms with van der Waals surface area (Å²) in [6.45, 7) is 4.83. The van der Waals surface area contributed by atoms with Crippen molar-refractivity contribution in [2.45, 2.75) is 83.8 Å². The molecule has 1 atom stereocenters. The Kier molecular flexibility index (Phi) is 12.4. The summed E-state index contributed by atoms with van der Waals surface area (Å²) in [6.07, 6.45) is 7.20. The van der Waals surface area contributed by atoms with E-state index in [4.69, 9.17) is 4.74 Å². The largest absolute Gasteiger partial charge is 0.494 e. The lowest BCUT2D eigenvalue weighted by atomic mass is 9.94. The van der Waals surface area contributed by atoms with E-state index in [9.17, 15) is 18.0 Å². The van der Waals surface area contributed by atoms with E-state index < -0.39 is 16.1 Å². The van der Waals surface area contributed by atoms with Gasteiger partial charge in [-0.15, -0.1) is 0 Å². The van der Waals surface area contributed by atoms with E-state index in [1.165, 1.54) is 17.0 Å². The number of amides is 2. The van der Waals surface area contributed by atoms with Crippen LogP contribution in [0.15, 0.2) is 78.9 Å². The van der Waals surface area contributed by atoms with Gasteiger partial charge in [0.25, 0.3) is 0 Å². The van der Waals surface area contributed by atoms with Crippen molar-refractivity contribution >= 4 is 27.5 Å². The molecular weight excluding hydrogens is 586 g/mol. The molecule has 4 rings (SSSR count). The maximum absolute atomic E-state index is 14.1. The van der Waals surface area contributed by atoms with Crippen LogP contribution in [0.1, 0.15) is 68.6 Å². The Labute approximate surface area is 268 Å². The standard InChI is InChI=1S/C36H47N3O5S/c1-4-44-33-23-21-32(22-24-33)39(45(3,42)43)25-13-20-35(40)38(27-30-17-12-11-14-28(30)2)34(26-29-15-7-5-8-16-29)36(41)37-31-18-9-6-10-19-31/h5,7-8,11-12,14-17,21-24,31,34H,4,6,9-10,13,18-20,25-27H2,1-3H3,(H,37,41)/t34-/m0/s1. The van der Waals surface area contributed by atoms with Crippen molar-refractivity contribution in [3.8, 4) is 5.75 Å². The molecule has 0 saturated heterocycles. The molecule has 2 amide bonds. The molecule has 0 spiro atoms. The third kappa shape index (κ3) is 10.1. The molecule has 1 aliphatic carbocycles. The van der Waals surface area contributed by atoms with Gasteiger partial charge < -0.3 is 15.0 Å². The maximum Gasteiger partial charge on any atom is 0.243 e. The van der Waals surface area contributed by atoms with Gasteiger partial charge in [0.2, 0.25) is 21.8 Å². The SMILES string of the molecule is CCOc1ccc(N(CCCC(=O)N(Cc2ccccc2C)[C@@H](Cc2ccccc2)C(=O)NC2CCCCC2)S(C)(=O)=O)cc1. The molecule has 1 fully saturated rings. The second-order valence-corrected chi connectivity index (χ2v) is 13.8. The van der Waals surface area contributed by atoms with Crippen molar-refractivity contribution in [3.05, 3.63) is 95.6 Å². The smallest absolute Gasteiger partial charge is 0.243 e. The third-order valence-electron chi connectivity index (χ3n) is 8.41. The molecule has 0 heterocycles. The quantitative estimate of drug-likeness (QED) is 0.221. The summed E-state index contributed by atoms with van der Waals surface area (Å²) >= 11 is 0. The van der Waals surface area contributed by atoms with Crippen LogP contribution in [-0.2, 0) is 32.6 Å². The third-order valence-corrected chi connectivity index (χ3v) is 9.61. The highest BCUT2D eigenvalue weighted by Crippen LogP contribution is 2.24. The summed E-state index contributed by atoms with van der Waals surface area (Å²) in [5.74, 6) is 0.339. The molecule has 0 bridgehead atoms. The Morgan fingerprint density at radius 2 is 1.60 bits per heavy atom. The fourth-order valence-corrected chi connectivity index (χ4v) is 6.91. The van der Waals surface area contributed by atoms with Crippen LogP contribution in [0.3, 0.4) is 0 Å². The van der Waals surface area contributed by atoms with Gasteiger partial charge in [-0.05, 0) is 74.1 Å². The highest BCUT2D eigenvalue weighted by molar-refractivity contribution is 7.92. The molecule has 8 nitrogen and oxygen atoms in total. The van der Waals surface area contributed by atoms with E-state index in [2.05, 4.69) is 5.32 Å². The minimum atomic E-state index is -3.60. The Morgan fingerprint density at radius 1 is 0.933 bits per heavy atom. The Hall–Kier alpha value is -3.85. The molecule has 45 heavy (non-hydrogen) atoms. The number of benzene rings is 3. The number of hydrogen-bond donors (Lipinski definition) is 1. The van der Waals surface area contributed by atoms with Crippen molar-refractivity contribution in [2.75, 3.05) is 23.7 Å². The average Bonchev–Trinajstić information content (AvgIpc) is 3.03. The Morgan fingerprint density at radius 3 is 2.24 bits per heavy atom. The van der Waals surface area contributed by atoms with E-state index in [0.29, 0.717) is 30.9 Å². The molecule has 1 N–H and O–H groups in total. The molecule has 3 aromatic carbocycles. The first-order chi connectivity index (χ1) is 21.7.